The van der Waals surface area contributed by atoms with E-state index in [2.05, 4.69) is 15.7 Å². The Morgan fingerprint density at radius 1 is 1.35 bits per heavy atom. The fourth-order valence-electron chi connectivity index (χ4n) is 2.15. The highest BCUT2D eigenvalue weighted by Crippen LogP contribution is 2.06. The molecule has 0 aliphatic carbocycles. The second-order valence-corrected chi connectivity index (χ2v) is 5.59. The van der Waals surface area contributed by atoms with Gasteiger partial charge in [-0.2, -0.15) is 5.10 Å². The number of carbonyl (C=O) groups excluding carboxylic acids is 2. The van der Waals surface area contributed by atoms with E-state index in [0.29, 0.717) is 6.54 Å². The van der Waals surface area contributed by atoms with Gasteiger partial charge in [0.25, 0.3) is 5.91 Å². The van der Waals surface area contributed by atoms with Gasteiger partial charge >= 0.3 is 0 Å². The van der Waals surface area contributed by atoms with Crippen molar-refractivity contribution in [3.63, 3.8) is 0 Å². The Labute approximate surface area is 135 Å². The van der Waals surface area contributed by atoms with E-state index >= 15 is 0 Å². The normalized spacial score (nSPS) is 12.1. The van der Waals surface area contributed by atoms with Gasteiger partial charge in [-0.05, 0) is 30.5 Å². The van der Waals surface area contributed by atoms with Gasteiger partial charge in [0.1, 0.15) is 6.04 Å². The van der Waals surface area contributed by atoms with Gasteiger partial charge in [0, 0.05) is 25.5 Å². The molecular weight excluding hydrogens is 296 g/mol. The van der Waals surface area contributed by atoms with Crippen LogP contribution in [-0.4, -0.2) is 34.2 Å². The summed E-state index contributed by atoms with van der Waals surface area (Å²) in [6, 6.07) is 4.46. The summed E-state index contributed by atoms with van der Waals surface area (Å²) in [4.78, 5) is 24.3. The molecule has 2 rings (SSSR count). The quantitative estimate of drug-likeness (QED) is 0.721. The van der Waals surface area contributed by atoms with Crippen molar-refractivity contribution >= 4 is 11.8 Å². The van der Waals surface area contributed by atoms with Gasteiger partial charge in [-0.1, -0.05) is 13.8 Å². The van der Waals surface area contributed by atoms with Crippen LogP contribution in [0.4, 0.5) is 0 Å². The monoisotopic (exact) mass is 318 g/mol. The predicted molar refractivity (Wildman–Crippen MR) is 84.7 cm³/mol. The van der Waals surface area contributed by atoms with Gasteiger partial charge in [-0.15, -0.1) is 0 Å². The smallest absolute Gasteiger partial charge is 0.287 e. The Hall–Kier alpha value is -2.57. The molecule has 0 aliphatic rings. The third-order valence-corrected chi connectivity index (χ3v) is 3.40. The molecule has 1 unspecified atom stereocenters. The van der Waals surface area contributed by atoms with E-state index in [1.54, 1.807) is 18.3 Å². The third kappa shape index (κ3) is 4.98. The van der Waals surface area contributed by atoms with E-state index < -0.39 is 6.04 Å². The van der Waals surface area contributed by atoms with Gasteiger partial charge < -0.3 is 15.1 Å². The number of carbonyl (C=O) groups is 2. The van der Waals surface area contributed by atoms with Crippen molar-refractivity contribution in [2.75, 3.05) is 6.54 Å². The summed E-state index contributed by atoms with van der Waals surface area (Å²) in [7, 11) is 0. The molecule has 0 aromatic carbocycles. The first-order valence-electron chi connectivity index (χ1n) is 7.67. The molecule has 2 aromatic rings. The maximum absolute atomic E-state index is 12.3. The molecular formula is C16H22N4O3. The van der Waals surface area contributed by atoms with Crippen LogP contribution in [-0.2, 0) is 11.3 Å². The van der Waals surface area contributed by atoms with E-state index in [0.717, 1.165) is 13.0 Å². The molecule has 2 N–H and O–H groups in total. The van der Waals surface area contributed by atoms with Crippen LogP contribution in [0.2, 0.25) is 0 Å². The molecule has 0 saturated carbocycles. The minimum absolute atomic E-state index is 0.0278. The van der Waals surface area contributed by atoms with Crippen molar-refractivity contribution in [2.45, 2.75) is 32.9 Å². The first-order chi connectivity index (χ1) is 11.1. The van der Waals surface area contributed by atoms with Crippen LogP contribution in [0.25, 0.3) is 0 Å². The molecule has 0 aliphatic heterocycles. The summed E-state index contributed by atoms with van der Waals surface area (Å²) in [5.41, 5.74) is 0. The summed E-state index contributed by atoms with van der Waals surface area (Å²) < 4.78 is 6.85. The Kier molecular flexibility index (Phi) is 5.96. The lowest BCUT2D eigenvalue weighted by Gasteiger charge is -2.21. The van der Waals surface area contributed by atoms with Crippen molar-refractivity contribution in [3.8, 4) is 0 Å². The van der Waals surface area contributed by atoms with Crippen molar-refractivity contribution in [2.24, 2.45) is 5.92 Å². The zero-order valence-electron chi connectivity index (χ0n) is 13.4. The van der Waals surface area contributed by atoms with Crippen LogP contribution in [0.15, 0.2) is 41.3 Å². The maximum Gasteiger partial charge on any atom is 0.287 e. The standard InChI is InChI=1S/C16H22N4O3/c1-12(2)14(19-15(21)13-6-3-11-23-13)16(22)17-7-4-9-20-10-5-8-18-20/h3,5-6,8,10-12,14H,4,7,9H2,1-2H3,(H,17,22)(H,19,21). The Balaban J connectivity index is 1.79. The molecule has 0 fully saturated rings. The van der Waals surface area contributed by atoms with E-state index in [1.807, 2.05) is 30.8 Å². The molecule has 124 valence electrons. The minimum atomic E-state index is -0.600. The summed E-state index contributed by atoms with van der Waals surface area (Å²) in [6.45, 7) is 5.03. The predicted octanol–water partition coefficient (Wildman–Crippen LogP) is 1.44. The largest absolute Gasteiger partial charge is 0.459 e. The number of hydrogen-bond donors (Lipinski definition) is 2. The van der Waals surface area contributed by atoms with Gasteiger partial charge in [0.2, 0.25) is 5.91 Å². The number of furan rings is 1. The van der Waals surface area contributed by atoms with E-state index in [4.69, 9.17) is 4.42 Å². The van der Waals surface area contributed by atoms with E-state index in [1.165, 1.54) is 6.26 Å². The lowest BCUT2D eigenvalue weighted by molar-refractivity contribution is -0.123. The Morgan fingerprint density at radius 2 is 2.17 bits per heavy atom. The molecule has 0 saturated heterocycles. The number of aromatic nitrogens is 2. The van der Waals surface area contributed by atoms with Gasteiger partial charge in [-0.25, -0.2) is 0 Å². The molecule has 7 nitrogen and oxygen atoms in total. The van der Waals surface area contributed by atoms with Gasteiger partial charge in [-0.3, -0.25) is 14.3 Å². The lowest BCUT2D eigenvalue weighted by Crippen LogP contribution is -2.49. The minimum Gasteiger partial charge on any atom is -0.459 e. The van der Waals surface area contributed by atoms with E-state index in [-0.39, 0.29) is 23.5 Å². The highest BCUT2D eigenvalue weighted by Gasteiger charge is 2.25. The zero-order chi connectivity index (χ0) is 16.7. The zero-order valence-corrected chi connectivity index (χ0v) is 13.4. The molecule has 0 spiro atoms. The highest BCUT2D eigenvalue weighted by molar-refractivity contribution is 5.95. The summed E-state index contributed by atoms with van der Waals surface area (Å²) >= 11 is 0. The number of nitrogens with one attached hydrogen (secondary N) is 2. The number of aryl methyl sites for hydroxylation is 1. The number of amides is 2. The van der Waals surface area contributed by atoms with Gasteiger partial charge in [0.05, 0.1) is 6.26 Å². The summed E-state index contributed by atoms with van der Waals surface area (Å²) in [6.07, 6.45) is 5.79. The number of rotatable bonds is 8. The van der Waals surface area contributed by atoms with Crippen LogP contribution in [0.3, 0.4) is 0 Å². The number of nitrogens with zero attached hydrogens (tertiary/aromatic N) is 2. The first-order valence-corrected chi connectivity index (χ1v) is 7.67. The van der Waals surface area contributed by atoms with Gasteiger partial charge in [0.15, 0.2) is 5.76 Å². The Morgan fingerprint density at radius 3 is 2.78 bits per heavy atom. The van der Waals surface area contributed by atoms with Crippen LogP contribution < -0.4 is 10.6 Å². The van der Waals surface area contributed by atoms with E-state index in [9.17, 15) is 9.59 Å². The second kappa shape index (κ2) is 8.17. The van der Waals surface area contributed by atoms with Crippen LogP contribution in [0, 0.1) is 5.92 Å². The van der Waals surface area contributed by atoms with Crippen LogP contribution in [0.5, 0.6) is 0 Å². The van der Waals surface area contributed by atoms with Crippen LogP contribution >= 0.6 is 0 Å². The second-order valence-electron chi connectivity index (χ2n) is 5.59. The topological polar surface area (TPSA) is 89.2 Å². The molecule has 0 radical (unpaired) electrons. The molecule has 0 bridgehead atoms. The third-order valence-electron chi connectivity index (χ3n) is 3.40. The average molecular weight is 318 g/mol. The summed E-state index contributed by atoms with van der Waals surface area (Å²) in [5.74, 6) is -0.414. The molecule has 1 atom stereocenters. The molecule has 23 heavy (non-hydrogen) atoms. The maximum atomic E-state index is 12.3. The summed E-state index contributed by atoms with van der Waals surface area (Å²) in [5, 5.41) is 9.66. The molecule has 2 heterocycles. The lowest BCUT2D eigenvalue weighted by atomic mass is 10.0. The highest BCUT2D eigenvalue weighted by atomic mass is 16.3. The van der Waals surface area contributed by atoms with Crippen molar-refractivity contribution in [3.05, 3.63) is 42.6 Å². The fraction of sp³-hybridized carbons (Fsp3) is 0.438. The van der Waals surface area contributed by atoms with Crippen molar-refractivity contribution in [1.29, 1.82) is 0 Å². The SMILES string of the molecule is CC(C)C(NC(=O)c1ccco1)C(=O)NCCCn1cccn1. The average Bonchev–Trinajstić information content (AvgIpc) is 3.21. The van der Waals surface area contributed by atoms with Crippen LogP contribution in [0.1, 0.15) is 30.8 Å². The first kappa shape index (κ1) is 16.8. The van der Waals surface area contributed by atoms with Crippen molar-refractivity contribution in [1.82, 2.24) is 20.4 Å². The Bertz CT molecular complexity index is 605. The van der Waals surface area contributed by atoms with Crippen molar-refractivity contribution < 1.29 is 14.0 Å². The molecule has 7 heteroatoms. The molecule has 2 amide bonds. The molecule has 2 aromatic heterocycles. The fourth-order valence-corrected chi connectivity index (χ4v) is 2.15. The number of hydrogen-bond acceptors (Lipinski definition) is 4.